The first kappa shape index (κ1) is 16.7. The standard InChI is InChI=1S/C20H21FN4O/c1-3-14-11-18(13(2)26)22-20-12-19(23-25(14)20)16-7-6-15(10-17(16)21)24-8-4-5-9-24/h6-7,10-12H,3-5,8-9H2,1-2H3. The van der Waals surface area contributed by atoms with Crippen LogP contribution in [-0.4, -0.2) is 33.5 Å². The van der Waals surface area contributed by atoms with Gasteiger partial charge in [0.1, 0.15) is 11.5 Å². The molecule has 1 fully saturated rings. The molecule has 0 N–H and O–H groups in total. The fraction of sp³-hybridized carbons (Fsp3) is 0.350. The normalized spacial score (nSPS) is 14.3. The molecule has 1 aliphatic heterocycles. The summed E-state index contributed by atoms with van der Waals surface area (Å²) in [6, 6.07) is 8.80. The highest BCUT2D eigenvalue weighted by atomic mass is 19.1. The Bertz CT molecular complexity index is 989. The van der Waals surface area contributed by atoms with E-state index in [4.69, 9.17) is 0 Å². The SMILES string of the molecule is CCc1cc(C(C)=O)nc2cc(-c3ccc(N4CCCC4)cc3F)nn12. The third kappa shape index (κ3) is 2.85. The number of anilines is 1. The lowest BCUT2D eigenvalue weighted by Gasteiger charge is -2.17. The molecule has 0 aliphatic carbocycles. The molecular weight excluding hydrogens is 331 g/mol. The maximum Gasteiger partial charge on any atom is 0.178 e. The van der Waals surface area contributed by atoms with Gasteiger partial charge in [-0.05, 0) is 43.5 Å². The molecule has 2 aromatic heterocycles. The Morgan fingerprint density at radius 1 is 1.19 bits per heavy atom. The van der Waals surface area contributed by atoms with Crippen molar-refractivity contribution in [2.45, 2.75) is 33.1 Å². The highest BCUT2D eigenvalue weighted by Gasteiger charge is 2.17. The number of carbonyl (C=O) groups excluding carboxylic acids is 1. The van der Waals surface area contributed by atoms with E-state index in [0.29, 0.717) is 29.0 Å². The zero-order chi connectivity index (χ0) is 18.3. The van der Waals surface area contributed by atoms with Gasteiger partial charge in [0, 0.05) is 43.0 Å². The van der Waals surface area contributed by atoms with Gasteiger partial charge in [-0.2, -0.15) is 5.10 Å². The minimum absolute atomic E-state index is 0.0916. The van der Waals surface area contributed by atoms with E-state index >= 15 is 0 Å². The smallest absolute Gasteiger partial charge is 0.178 e. The van der Waals surface area contributed by atoms with Crippen molar-refractivity contribution in [1.82, 2.24) is 14.6 Å². The number of hydrogen-bond acceptors (Lipinski definition) is 4. The Kier molecular flexibility index (Phi) is 4.18. The molecular formula is C20H21FN4O. The summed E-state index contributed by atoms with van der Waals surface area (Å²) in [7, 11) is 0. The second-order valence-corrected chi connectivity index (χ2v) is 6.70. The summed E-state index contributed by atoms with van der Waals surface area (Å²) >= 11 is 0. The molecule has 1 aromatic carbocycles. The molecule has 6 heteroatoms. The number of halogens is 1. The first-order valence-electron chi connectivity index (χ1n) is 9.02. The average molecular weight is 352 g/mol. The van der Waals surface area contributed by atoms with E-state index in [9.17, 15) is 9.18 Å². The highest BCUT2D eigenvalue weighted by Crippen LogP contribution is 2.28. The fourth-order valence-electron chi connectivity index (χ4n) is 3.48. The molecule has 0 spiro atoms. The summed E-state index contributed by atoms with van der Waals surface area (Å²) in [6.07, 6.45) is 3.01. The summed E-state index contributed by atoms with van der Waals surface area (Å²) in [5.74, 6) is -0.381. The van der Waals surface area contributed by atoms with Crippen LogP contribution in [0.2, 0.25) is 0 Å². The number of ketones is 1. The molecule has 0 unspecified atom stereocenters. The van der Waals surface area contributed by atoms with Crippen LogP contribution >= 0.6 is 0 Å². The van der Waals surface area contributed by atoms with Gasteiger partial charge in [0.05, 0.1) is 5.69 Å². The number of aromatic nitrogens is 3. The molecule has 0 bridgehead atoms. The molecule has 134 valence electrons. The van der Waals surface area contributed by atoms with Crippen molar-refractivity contribution in [2.75, 3.05) is 18.0 Å². The number of nitrogens with zero attached hydrogens (tertiary/aromatic N) is 4. The zero-order valence-electron chi connectivity index (χ0n) is 15.0. The first-order chi connectivity index (χ1) is 12.6. The fourth-order valence-corrected chi connectivity index (χ4v) is 3.48. The van der Waals surface area contributed by atoms with Crippen LogP contribution in [-0.2, 0) is 6.42 Å². The molecule has 1 saturated heterocycles. The minimum Gasteiger partial charge on any atom is -0.371 e. The number of hydrogen-bond donors (Lipinski definition) is 0. The van der Waals surface area contributed by atoms with Crippen molar-refractivity contribution in [2.24, 2.45) is 0 Å². The molecule has 0 radical (unpaired) electrons. The Morgan fingerprint density at radius 2 is 1.96 bits per heavy atom. The van der Waals surface area contributed by atoms with Gasteiger partial charge in [-0.15, -0.1) is 0 Å². The van der Waals surface area contributed by atoms with Crippen LogP contribution < -0.4 is 4.90 Å². The quantitative estimate of drug-likeness (QED) is 0.668. The molecule has 26 heavy (non-hydrogen) atoms. The monoisotopic (exact) mass is 352 g/mol. The molecule has 0 atom stereocenters. The third-order valence-corrected chi connectivity index (χ3v) is 4.92. The Hall–Kier alpha value is -2.76. The average Bonchev–Trinajstić information content (AvgIpc) is 3.30. The summed E-state index contributed by atoms with van der Waals surface area (Å²) in [6.45, 7) is 5.44. The van der Waals surface area contributed by atoms with E-state index in [1.807, 2.05) is 13.0 Å². The van der Waals surface area contributed by atoms with E-state index in [-0.39, 0.29) is 11.6 Å². The Balaban J connectivity index is 1.78. The van der Waals surface area contributed by atoms with Gasteiger partial charge in [-0.25, -0.2) is 13.9 Å². The molecule has 3 heterocycles. The Labute approximate surface area is 151 Å². The van der Waals surface area contributed by atoms with Gasteiger partial charge >= 0.3 is 0 Å². The largest absolute Gasteiger partial charge is 0.371 e. The van der Waals surface area contributed by atoms with Gasteiger partial charge in [0.2, 0.25) is 0 Å². The van der Waals surface area contributed by atoms with Gasteiger partial charge in [-0.3, -0.25) is 4.79 Å². The maximum absolute atomic E-state index is 14.8. The molecule has 4 rings (SSSR count). The van der Waals surface area contributed by atoms with Crippen molar-refractivity contribution in [3.05, 3.63) is 47.5 Å². The zero-order valence-corrected chi connectivity index (χ0v) is 15.0. The first-order valence-corrected chi connectivity index (χ1v) is 9.02. The summed E-state index contributed by atoms with van der Waals surface area (Å²) < 4.78 is 16.4. The van der Waals surface area contributed by atoms with Crippen LogP contribution in [0.15, 0.2) is 30.3 Å². The molecule has 5 nitrogen and oxygen atoms in total. The topological polar surface area (TPSA) is 50.5 Å². The van der Waals surface area contributed by atoms with E-state index in [2.05, 4.69) is 15.0 Å². The lowest BCUT2D eigenvalue weighted by Crippen LogP contribution is -2.17. The van der Waals surface area contributed by atoms with E-state index in [1.165, 1.54) is 6.92 Å². The molecule has 0 saturated carbocycles. The van der Waals surface area contributed by atoms with Crippen LogP contribution in [0.25, 0.3) is 16.9 Å². The van der Waals surface area contributed by atoms with Crippen LogP contribution in [0, 0.1) is 5.82 Å². The predicted octanol–water partition coefficient (Wildman–Crippen LogP) is 3.90. The van der Waals surface area contributed by atoms with E-state index in [0.717, 1.165) is 37.3 Å². The van der Waals surface area contributed by atoms with Gasteiger partial charge < -0.3 is 4.90 Å². The lowest BCUT2D eigenvalue weighted by molar-refractivity contribution is 0.101. The minimum atomic E-state index is -0.289. The maximum atomic E-state index is 14.8. The van der Waals surface area contributed by atoms with Gasteiger partial charge in [0.25, 0.3) is 0 Å². The van der Waals surface area contributed by atoms with Crippen LogP contribution in [0.3, 0.4) is 0 Å². The number of benzene rings is 1. The van der Waals surface area contributed by atoms with E-state index < -0.39 is 0 Å². The third-order valence-electron chi connectivity index (χ3n) is 4.92. The van der Waals surface area contributed by atoms with Crippen molar-refractivity contribution in [3.63, 3.8) is 0 Å². The second-order valence-electron chi connectivity index (χ2n) is 6.70. The van der Waals surface area contributed by atoms with Crippen molar-refractivity contribution in [1.29, 1.82) is 0 Å². The highest BCUT2D eigenvalue weighted by molar-refractivity contribution is 5.92. The van der Waals surface area contributed by atoms with Crippen molar-refractivity contribution in [3.8, 4) is 11.3 Å². The molecule has 3 aromatic rings. The van der Waals surface area contributed by atoms with Crippen molar-refractivity contribution < 1.29 is 9.18 Å². The van der Waals surface area contributed by atoms with Gasteiger partial charge in [0.15, 0.2) is 11.4 Å². The summed E-state index contributed by atoms with van der Waals surface area (Å²) in [5, 5.41) is 4.53. The van der Waals surface area contributed by atoms with Crippen molar-refractivity contribution >= 4 is 17.1 Å². The van der Waals surface area contributed by atoms with Crippen LogP contribution in [0.1, 0.15) is 42.9 Å². The number of Topliss-reactive ketones (excluding diaryl/α,β-unsaturated/α-hetero) is 1. The summed E-state index contributed by atoms with van der Waals surface area (Å²) in [4.78, 5) is 18.3. The van der Waals surface area contributed by atoms with E-state index in [1.54, 1.807) is 28.8 Å². The molecule has 0 amide bonds. The van der Waals surface area contributed by atoms with Crippen LogP contribution in [0.4, 0.5) is 10.1 Å². The van der Waals surface area contributed by atoms with Gasteiger partial charge in [-0.1, -0.05) is 6.92 Å². The lowest BCUT2D eigenvalue weighted by atomic mass is 10.1. The predicted molar refractivity (Wildman–Crippen MR) is 99.2 cm³/mol. The second kappa shape index (κ2) is 6.52. The number of fused-ring (bicyclic) bond motifs is 1. The molecule has 1 aliphatic rings. The summed E-state index contributed by atoms with van der Waals surface area (Å²) in [5.41, 5.74) is 3.74. The Morgan fingerprint density at radius 3 is 2.62 bits per heavy atom. The number of aryl methyl sites for hydroxylation is 1. The van der Waals surface area contributed by atoms with Crippen LogP contribution in [0.5, 0.6) is 0 Å². The number of carbonyl (C=O) groups is 1. The number of rotatable bonds is 4.